The molecule has 0 aromatic heterocycles. The minimum absolute atomic E-state index is 0.00897. The second kappa shape index (κ2) is 6.44. The second-order valence-corrected chi connectivity index (χ2v) is 11.4. The number of azide groups is 1. The molecule has 2 aliphatic heterocycles. The van der Waals surface area contributed by atoms with Crippen LogP contribution in [-0.2, 0) is 21.4 Å². The summed E-state index contributed by atoms with van der Waals surface area (Å²) in [5.41, 5.74) is 10.5. The zero-order valence-corrected chi connectivity index (χ0v) is 20.1. The van der Waals surface area contributed by atoms with E-state index in [1.807, 2.05) is 19.9 Å². The van der Waals surface area contributed by atoms with Crippen LogP contribution in [0.3, 0.4) is 0 Å². The number of carbonyl (C=O) groups excluding carboxylic acids is 1. The smallest absolute Gasteiger partial charge is 0.308 e. The van der Waals surface area contributed by atoms with Crippen molar-refractivity contribution in [2.24, 2.45) is 16.4 Å². The SMILES string of the molecule is CO[C@]12CC[C@@]3(C[C@@H]1C(C)(C)N=[N+]=[N-])[C@H]1Cc4ccc(OC(C)=O)c5c4[C@@]3(CCN1C)[C@H]2O5. The fourth-order valence-electron chi connectivity index (χ4n) is 8.92. The Bertz CT molecular complexity index is 1110. The average Bonchev–Trinajstić information content (AvgIpc) is 3.14. The van der Waals surface area contributed by atoms with Crippen molar-refractivity contribution in [2.75, 3.05) is 20.7 Å². The van der Waals surface area contributed by atoms with Gasteiger partial charge in [-0.15, -0.1) is 0 Å². The molecule has 6 atom stereocenters. The third-order valence-electron chi connectivity index (χ3n) is 10.0. The fraction of sp³-hybridized carbons (Fsp3) is 0.720. The van der Waals surface area contributed by atoms with Gasteiger partial charge in [0.05, 0.1) is 0 Å². The minimum Gasteiger partial charge on any atom is -0.482 e. The number of ether oxygens (including phenoxy) is 3. The van der Waals surface area contributed by atoms with Gasteiger partial charge in [-0.1, -0.05) is 25.0 Å². The van der Waals surface area contributed by atoms with Crippen molar-refractivity contribution in [1.82, 2.24) is 4.90 Å². The van der Waals surface area contributed by atoms with E-state index in [2.05, 4.69) is 28.0 Å². The lowest BCUT2D eigenvalue weighted by atomic mass is 9.33. The van der Waals surface area contributed by atoms with Crippen molar-refractivity contribution >= 4 is 5.97 Å². The van der Waals surface area contributed by atoms with Crippen LogP contribution < -0.4 is 9.47 Å². The van der Waals surface area contributed by atoms with E-state index in [-0.39, 0.29) is 28.8 Å². The third kappa shape index (κ3) is 2.25. The minimum atomic E-state index is -0.621. The Morgan fingerprint density at radius 1 is 1.33 bits per heavy atom. The summed E-state index contributed by atoms with van der Waals surface area (Å²) in [6.07, 6.45) is 4.56. The number of likely N-dealkylation sites (N-methyl/N-ethyl adjacent to an activating group) is 1. The summed E-state index contributed by atoms with van der Waals surface area (Å²) in [5, 5.41) is 4.27. The molecule has 6 aliphatic rings. The summed E-state index contributed by atoms with van der Waals surface area (Å²) >= 11 is 0. The molecule has 0 radical (unpaired) electrons. The highest BCUT2D eigenvalue weighted by atomic mass is 16.6. The number of esters is 1. The Hall–Kier alpha value is -2.28. The maximum atomic E-state index is 11.9. The molecule has 3 saturated carbocycles. The zero-order chi connectivity index (χ0) is 23.4. The molecule has 2 heterocycles. The Morgan fingerprint density at radius 3 is 2.82 bits per heavy atom. The lowest BCUT2D eigenvalue weighted by Gasteiger charge is -2.74. The van der Waals surface area contributed by atoms with Gasteiger partial charge in [-0.2, -0.15) is 0 Å². The van der Waals surface area contributed by atoms with E-state index in [1.165, 1.54) is 18.1 Å². The van der Waals surface area contributed by atoms with E-state index in [1.54, 1.807) is 7.11 Å². The van der Waals surface area contributed by atoms with Crippen LogP contribution in [0.2, 0.25) is 0 Å². The summed E-state index contributed by atoms with van der Waals surface area (Å²) in [7, 11) is 4.03. The number of rotatable bonds is 4. The summed E-state index contributed by atoms with van der Waals surface area (Å²) in [6, 6.07) is 4.40. The number of benzene rings is 1. The highest BCUT2D eigenvalue weighted by Crippen LogP contribution is 2.77. The molecule has 4 bridgehead atoms. The number of hydrogen-bond donors (Lipinski definition) is 0. The highest BCUT2D eigenvalue weighted by molar-refractivity contribution is 5.73. The van der Waals surface area contributed by atoms with Gasteiger partial charge in [-0.25, -0.2) is 0 Å². The van der Waals surface area contributed by atoms with Crippen LogP contribution in [0.5, 0.6) is 11.5 Å². The molecule has 0 unspecified atom stereocenters. The van der Waals surface area contributed by atoms with E-state index in [0.29, 0.717) is 11.8 Å². The third-order valence-corrected chi connectivity index (χ3v) is 10.0. The van der Waals surface area contributed by atoms with Crippen molar-refractivity contribution < 1.29 is 19.0 Å². The molecule has 4 aliphatic carbocycles. The number of hydrogen-bond acceptors (Lipinski definition) is 6. The molecule has 2 spiro atoms. The first-order valence-corrected chi connectivity index (χ1v) is 12.0. The lowest BCUT2D eigenvalue weighted by Crippen LogP contribution is -2.82. The number of carbonyl (C=O) groups is 1. The standard InChI is InChI=1S/C25H32N4O4/c1-14(30)32-16-7-6-15-12-18-23-8-9-25(31-5,17(13-23)22(2,3)27-28-26)21-24(23,10-11-29(18)4)19(15)20(16)33-21/h6-7,17-18,21H,8-13H2,1-5H3/t17-,18-,21-,23-,24+,25-/m1/s1. The first-order chi connectivity index (χ1) is 15.7. The normalized spacial score (nSPS) is 40.0. The molecule has 8 heteroatoms. The van der Waals surface area contributed by atoms with Crippen LogP contribution in [0, 0.1) is 11.3 Å². The van der Waals surface area contributed by atoms with E-state index in [9.17, 15) is 10.3 Å². The van der Waals surface area contributed by atoms with Gasteiger partial charge in [0.15, 0.2) is 11.5 Å². The molecule has 0 N–H and O–H groups in total. The van der Waals surface area contributed by atoms with Crippen LogP contribution in [0.1, 0.15) is 57.6 Å². The van der Waals surface area contributed by atoms with Crippen LogP contribution >= 0.6 is 0 Å². The summed E-state index contributed by atoms with van der Waals surface area (Å²) in [4.78, 5) is 17.6. The lowest BCUT2D eigenvalue weighted by molar-refractivity contribution is -0.283. The predicted molar refractivity (Wildman–Crippen MR) is 121 cm³/mol. The Balaban J connectivity index is 1.64. The number of likely N-dealkylation sites (tertiary alicyclic amines) is 1. The maximum absolute atomic E-state index is 11.9. The van der Waals surface area contributed by atoms with Crippen molar-refractivity contribution in [3.8, 4) is 11.5 Å². The number of methoxy groups -OCH3 is 1. The first kappa shape index (κ1) is 21.3. The van der Waals surface area contributed by atoms with Crippen LogP contribution in [0.4, 0.5) is 0 Å². The van der Waals surface area contributed by atoms with Crippen LogP contribution in [-0.4, -0.2) is 54.9 Å². The predicted octanol–water partition coefficient (Wildman–Crippen LogP) is 4.15. The largest absolute Gasteiger partial charge is 0.482 e. The Labute approximate surface area is 194 Å². The van der Waals surface area contributed by atoms with Crippen molar-refractivity contribution in [3.63, 3.8) is 0 Å². The molecule has 8 nitrogen and oxygen atoms in total. The summed E-state index contributed by atoms with van der Waals surface area (Å²) in [6.45, 7) is 6.48. The fourth-order valence-corrected chi connectivity index (χ4v) is 8.92. The van der Waals surface area contributed by atoms with E-state index in [4.69, 9.17) is 14.2 Å². The molecule has 176 valence electrons. The van der Waals surface area contributed by atoms with Gasteiger partial charge in [0, 0.05) is 52.8 Å². The van der Waals surface area contributed by atoms with Gasteiger partial charge in [0.25, 0.3) is 0 Å². The van der Waals surface area contributed by atoms with Crippen LogP contribution in [0.25, 0.3) is 10.4 Å². The zero-order valence-electron chi connectivity index (χ0n) is 20.1. The highest BCUT2D eigenvalue weighted by Gasteiger charge is 2.81. The molecule has 33 heavy (non-hydrogen) atoms. The van der Waals surface area contributed by atoms with Gasteiger partial charge in [-0.3, -0.25) is 4.79 Å². The molecule has 0 amide bonds. The number of fused-ring (bicyclic) bond motifs is 2. The molecular formula is C25H32N4O4. The van der Waals surface area contributed by atoms with Crippen LogP contribution in [0.15, 0.2) is 17.2 Å². The number of piperidine rings is 1. The molecule has 7 rings (SSSR count). The van der Waals surface area contributed by atoms with E-state index in [0.717, 1.165) is 44.4 Å². The molecule has 4 fully saturated rings. The van der Waals surface area contributed by atoms with Gasteiger partial charge < -0.3 is 19.1 Å². The topological polar surface area (TPSA) is 96.8 Å². The second-order valence-electron chi connectivity index (χ2n) is 11.4. The van der Waals surface area contributed by atoms with E-state index >= 15 is 0 Å². The monoisotopic (exact) mass is 452 g/mol. The Morgan fingerprint density at radius 2 is 2.12 bits per heavy atom. The van der Waals surface area contributed by atoms with Gasteiger partial charge in [0.2, 0.25) is 0 Å². The maximum Gasteiger partial charge on any atom is 0.308 e. The van der Waals surface area contributed by atoms with Gasteiger partial charge >= 0.3 is 5.97 Å². The van der Waals surface area contributed by atoms with E-state index < -0.39 is 11.1 Å². The molecule has 1 aromatic carbocycles. The summed E-state index contributed by atoms with van der Waals surface area (Å²) < 4.78 is 19.0. The molecular weight excluding hydrogens is 420 g/mol. The van der Waals surface area contributed by atoms with Crippen molar-refractivity contribution in [2.45, 2.75) is 81.6 Å². The van der Waals surface area contributed by atoms with Gasteiger partial charge in [0.1, 0.15) is 11.7 Å². The van der Waals surface area contributed by atoms with Crippen molar-refractivity contribution in [3.05, 3.63) is 33.7 Å². The Kier molecular flexibility index (Phi) is 4.15. The average molecular weight is 453 g/mol. The van der Waals surface area contributed by atoms with Gasteiger partial charge in [-0.05, 0) is 62.9 Å². The quantitative estimate of drug-likeness (QED) is 0.225. The van der Waals surface area contributed by atoms with Crippen molar-refractivity contribution in [1.29, 1.82) is 0 Å². The first-order valence-electron chi connectivity index (χ1n) is 12.0. The molecule has 1 saturated heterocycles. The summed E-state index contributed by atoms with van der Waals surface area (Å²) in [5.74, 6) is 0.903. The number of nitrogens with zero attached hydrogens (tertiary/aromatic N) is 4. The molecule has 1 aromatic rings.